The van der Waals surface area contributed by atoms with Crippen molar-refractivity contribution in [2.45, 2.75) is 46.7 Å². The quantitative estimate of drug-likeness (QED) is 0.874. The first kappa shape index (κ1) is 18.7. The molecule has 1 aromatic heterocycles. The number of aryl methyl sites for hydroxylation is 2. The molecule has 0 aliphatic carbocycles. The third-order valence-electron chi connectivity index (χ3n) is 3.58. The fourth-order valence-corrected chi connectivity index (χ4v) is 2.49. The lowest BCUT2D eigenvalue weighted by molar-refractivity contribution is -0.121. The minimum atomic E-state index is -0.313. The lowest BCUT2D eigenvalue weighted by Crippen LogP contribution is -2.45. The molecule has 2 amide bonds. The summed E-state index contributed by atoms with van der Waals surface area (Å²) in [5, 5.41) is 9.87. The number of amides is 2. The molecular weight excluding hydrogens is 316 g/mol. The molecule has 6 heteroatoms. The maximum atomic E-state index is 12.1. The highest BCUT2D eigenvalue weighted by Gasteiger charge is 2.14. The zero-order valence-electron chi connectivity index (χ0n) is 15.5. The Balaban J connectivity index is 1.92. The van der Waals surface area contributed by atoms with Crippen molar-refractivity contribution in [3.05, 3.63) is 52.8 Å². The topological polar surface area (TPSA) is 76.0 Å². The lowest BCUT2D eigenvalue weighted by atomic mass is 10.1. The number of rotatable bonds is 5. The molecular formula is C19H26N4O2. The van der Waals surface area contributed by atoms with Crippen LogP contribution in [0.2, 0.25) is 0 Å². The summed E-state index contributed by atoms with van der Waals surface area (Å²) in [5.41, 5.74) is 3.37. The number of benzene rings is 1. The number of aromatic nitrogens is 2. The van der Waals surface area contributed by atoms with E-state index in [1.165, 1.54) is 0 Å². The minimum absolute atomic E-state index is 0.0381. The highest BCUT2D eigenvalue weighted by atomic mass is 16.2. The van der Waals surface area contributed by atoms with Gasteiger partial charge in [-0.1, -0.05) is 12.1 Å². The van der Waals surface area contributed by atoms with Crippen molar-refractivity contribution in [3.8, 4) is 0 Å². The van der Waals surface area contributed by atoms with Gasteiger partial charge in [-0.05, 0) is 58.4 Å². The SMILES string of the molecule is Cc1cc(C)n(Cc2ccc(C(=O)NCC(=O)NC(C)(C)C)cc2)n1. The van der Waals surface area contributed by atoms with Gasteiger partial charge in [0.15, 0.2) is 0 Å². The summed E-state index contributed by atoms with van der Waals surface area (Å²) in [6.45, 7) is 10.3. The first-order valence-corrected chi connectivity index (χ1v) is 8.33. The maximum absolute atomic E-state index is 12.1. The number of carbonyl (C=O) groups excluding carboxylic acids is 2. The number of hydrogen-bond acceptors (Lipinski definition) is 3. The molecule has 0 unspecified atom stereocenters. The van der Waals surface area contributed by atoms with Gasteiger partial charge in [-0.2, -0.15) is 5.10 Å². The molecule has 25 heavy (non-hydrogen) atoms. The van der Waals surface area contributed by atoms with E-state index in [-0.39, 0.29) is 23.9 Å². The van der Waals surface area contributed by atoms with Gasteiger partial charge in [0.1, 0.15) is 0 Å². The normalized spacial score (nSPS) is 11.2. The highest BCUT2D eigenvalue weighted by molar-refractivity contribution is 5.96. The minimum Gasteiger partial charge on any atom is -0.350 e. The van der Waals surface area contributed by atoms with Crippen molar-refractivity contribution in [1.29, 1.82) is 0 Å². The molecule has 0 atom stereocenters. The van der Waals surface area contributed by atoms with E-state index in [4.69, 9.17) is 0 Å². The molecule has 0 radical (unpaired) electrons. The van der Waals surface area contributed by atoms with Gasteiger partial charge in [-0.15, -0.1) is 0 Å². The molecule has 0 saturated carbocycles. The number of hydrogen-bond donors (Lipinski definition) is 2. The Hall–Kier alpha value is -2.63. The van der Waals surface area contributed by atoms with E-state index in [2.05, 4.69) is 15.7 Å². The van der Waals surface area contributed by atoms with Crippen LogP contribution in [0.4, 0.5) is 0 Å². The van der Waals surface area contributed by atoms with Gasteiger partial charge in [0.05, 0.1) is 18.8 Å². The van der Waals surface area contributed by atoms with Crippen molar-refractivity contribution < 1.29 is 9.59 Å². The standard InChI is InChI=1S/C19H26N4O2/c1-13-10-14(2)23(22-13)12-15-6-8-16(9-7-15)18(25)20-11-17(24)21-19(3,4)5/h6-10H,11-12H2,1-5H3,(H,20,25)(H,21,24). The van der Waals surface area contributed by atoms with Gasteiger partial charge >= 0.3 is 0 Å². The van der Waals surface area contributed by atoms with Crippen LogP contribution in [-0.4, -0.2) is 33.7 Å². The molecule has 6 nitrogen and oxygen atoms in total. The van der Waals surface area contributed by atoms with E-state index in [0.717, 1.165) is 17.0 Å². The van der Waals surface area contributed by atoms with Gasteiger partial charge in [0, 0.05) is 16.8 Å². The third-order valence-corrected chi connectivity index (χ3v) is 3.58. The van der Waals surface area contributed by atoms with Crippen LogP contribution in [0.15, 0.2) is 30.3 Å². The summed E-state index contributed by atoms with van der Waals surface area (Å²) in [6.07, 6.45) is 0. The third kappa shape index (κ3) is 5.74. The average Bonchev–Trinajstić information content (AvgIpc) is 2.81. The summed E-state index contributed by atoms with van der Waals surface area (Å²) >= 11 is 0. The first-order valence-electron chi connectivity index (χ1n) is 8.33. The molecule has 0 aliphatic heterocycles. The zero-order valence-corrected chi connectivity index (χ0v) is 15.5. The Labute approximate surface area is 148 Å². The van der Waals surface area contributed by atoms with Crippen molar-refractivity contribution in [3.63, 3.8) is 0 Å². The summed E-state index contributed by atoms with van der Waals surface area (Å²) in [7, 11) is 0. The van der Waals surface area contributed by atoms with Crippen molar-refractivity contribution >= 4 is 11.8 Å². The molecule has 0 bridgehead atoms. The first-order chi connectivity index (χ1) is 11.6. The van der Waals surface area contributed by atoms with Gasteiger partial charge in [0.2, 0.25) is 5.91 Å². The van der Waals surface area contributed by atoms with Gasteiger partial charge in [0.25, 0.3) is 5.91 Å². The Morgan fingerprint density at radius 3 is 2.28 bits per heavy atom. The Bertz CT molecular complexity index is 755. The van der Waals surface area contributed by atoms with Crippen LogP contribution in [0.5, 0.6) is 0 Å². The van der Waals surface area contributed by atoms with Crippen molar-refractivity contribution in [2.24, 2.45) is 0 Å². The molecule has 0 aliphatic rings. The second-order valence-corrected chi connectivity index (χ2v) is 7.26. The second-order valence-electron chi connectivity index (χ2n) is 7.26. The molecule has 2 aromatic rings. The van der Waals surface area contributed by atoms with Crippen LogP contribution >= 0.6 is 0 Å². The Morgan fingerprint density at radius 1 is 1.12 bits per heavy atom. The second kappa shape index (κ2) is 7.51. The van der Waals surface area contributed by atoms with E-state index < -0.39 is 0 Å². The highest BCUT2D eigenvalue weighted by Crippen LogP contribution is 2.09. The van der Waals surface area contributed by atoms with Gasteiger partial charge in [-0.3, -0.25) is 14.3 Å². The van der Waals surface area contributed by atoms with Crippen molar-refractivity contribution in [2.75, 3.05) is 6.54 Å². The van der Waals surface area contributed by atoms with Crippen LogP contribution in [0.3, 0.4) is 0 Å². The Kier molecular flexibility index (Phi) is 5.62. The summed E-state index contributed by atoms with van der Waals surface area (Å²) < 4.78 is 1.93. The average molecular weight is 342 g/mol. The largest absolute Gasteiger partial charge is 0.350 e. The number of nitrogens with one attached hydrogen (secondary N) is 2. The van der Waals surface area contributed by atoms with Crippen LogP contribution in [0.1, 0.15) is 48.1 Å². The zero-order chi connectivity index (χ0) is 18.6. The van der Waals surface area contributed by atoms with Crippen LogP contribution in [-0.2, 0) is 11.3 Å². The molecule has 1 aromatic carbocycles. The smallest absolute Gasteiger partial charge is 0.251 e. The summed E-state index contributed by atoms with van der Waals surface area (Å²) in [4.78, 5) is 23.9. The van der Waals surface area contributed by atoms with E-state index in [9.17, 15) is 9.59 Å². The van der Waals surface area contributed by atoms with Crippen LogP contribution < -0.4 is 10.6 Å². The van der Waals surface area contributed by atoms with Gasteiger partial charge < -0.3 is 10.6 Å². The molecule has 1 heterocycles. The number of nitrogens with zero attached hydrogens (tertiary/aromatic N) is 2. The summed E-state index contributed by atoms with van der Waals surface area (Å²) in [5.74, 6) is -0.469. The fourth-order valence-electron chi connectivity index (χ4n) is 2.49. The lowest BCUT2D eigenvalue weighted by Gasteiger charge is -2.20. The van der Waals surface area contributed by atoms with Gasteiger partial charge in [-0.25, -0.2) is 0 Å². The Morgan fingerprint density at radius 2 is 1.76 bits per heavy atom. The van der Waals surface area contributed by atoms with Crippen LogP contribution in [0.25, 0.3) is 0 Å². The van der Waals surface area contributed by atoms with Crippen LogP contribution in [0, 0.1) is 13.8 Å². The predicted molar refractivity (Wildman–Crippen MR) is 97.5 cm³/mol. The van der Waals surface area contributed by atoms with E-state index in [0.29, 0.717) is 12.1 Å². The summed E-state index contributed by atoms with van der Waals surface area (Å²) in [6, 6.07) is 9.36. The molecule has 134 valence electrons. The molecule has 2 rings (SSSR count). The van der Waals surface area contributed by atoms with E-state index in [1.54, 1.807) is 12.1 Å². The van der Waals surface area contributed by atoms with Crippen molar-refractivity contribution in [1.82, 2.24) is 20.4 Å². The molecule has 0 saturated heterocycles. The molecule has 0 spiro atoms. The maximum Gasteiger partial charge on any atom is 0.251 e. The monoisotopic (exact) mass is 342 g/mol. The predicted octanol–water partition coefficient (Wildman–Crippen LogP) is 2.19. The van der Waals surface area contributed by atoms with E-state index in [1.807, 2.05) is 57.5 Å². The number of carbonyl (C=O) groups is 2. The fraction of sp³-hybridized carbons (Fsp3) is 0.421. The molecule has 2 N–H and O–H groups in total. The van der Waals surface area contributed by atoms with E-state index >= 15 is 0 Å². The molecule has 0 fully saturated rings.